The van der Waals surface area contributed by atoms with Crippen molar-refractivity contribution in [3.8, 4) is 28.6 Å². The number of rotatable bonds is 4. The maximum absolute atomic E-state index is 6.15. The lowest BCUT2D eigenvalue weighted by Crippen LogP contribution is -1.96. The second-order valence-corrected chi connectivity index (χ2v) is 8.46. The zero-order valence-electron chi connectivity index (χ0n) is 19.1. The Morgan fingerprint density at radius 2 is 1.47 bits per heavy atom. The van der Waals surface area contributed by atoms with Gasteiger partial charge in [0.15, 0.2) is 0 Å². The number of fused-ring (bicyclic) bond motifs is 3. The minimum Gasteiger partial charge on any atom is -0.439 e. The van der Waals surface area contributed by atoms with Crippen LogP contribution < -0.4 is 4.74 Å². The molecule has 0 aliphatic rings. The van der Waals surface area contributed by atoms with Crippen LogP contribution in [0.3, 0.4) is 0 Å². The third-order valence-electron chi connectivity index (χ3n) is 6.36. The Morgan fingerprint density at radius 3 is 2.35 bits per heavy atom. The van der Waals surface area contributed by atoms with Crippen molar-refractivity contribution in [2.45, 2.75) is 13.8 Å². The van der Waals surface area contributed by atoms with E-state index >= 15 is 0 Å². The highest BCUT2D eigenvalue weighted by atomic mass is 16.5. The monoisotopic (exact) mass is 441 g/mol. The predicted octanol–water partition coefficient (Wildman–Crippen LogP) is 7.65. The summed E-state index contributed by atoms with van der Waals surface area (Å²) in [6, 6.07) is 31.3. The fraction of sp³-hybridized carbons (Fsp3) is 0.0667. The van der Waals surface area contributed by atoms with Crippen molar-refractivity contribution in [2.75, 3.05) is 0 Å². The van der Waals surface area contributed by atoms with E-state index < -0.39 is 0 Å². The molecule has 0 unspecified atom stereocenters. The summed E-state index contributed by atoms with van der Waals surface area (Å²) in [5.74, 6) is 2.32. The molecule has 3 aromatic carbocycles. The van der Waals surface area contributed by atoms with E-state index in [0.717, 1.165) is 44.9 Å². The number of para-hydroxylation sites is 1. The van der Waals surface area contributed by atoms with Crippen LogP contribution in [0, 0.1) is 13.8 Å². The molecule has 0 spiro atoms. The molecule has 3 aromatic heterocycles. The van der Waals surface area contributed by atoms with E-state index in [4.69, 9.17) is 4.74 Å². The Morgan fingerprint density at radius 1 is 0.647 bits per heavy atom. The highest BCUT2D eigenvalue weighted by Crippen LogP contribution is 2.35. The number of aromatic nitrogens is 3. The first kappa shape index (κ1) is 20.2. The standard InChI is InChI=1S/C30H23N3O/c1-20-15-17-32-30(21(20)2)34-24-9-7-8-22(18-24)23-13-14-26-25-10-3-4-11-27(25)33(28(26)19-23)29-12-5-6-16-31-29/h3-19H,1-2H3. The molecule has 0 amide bonds. The van der Waals surface area contributed by atoms with Crippen LogP contribution in [0.1, 0.15) is 11.1 Å². The van der Waals surface area contributed by atoms with Crippen LogP contribution in [0.15, 0.2) is 103 Å². The third-order valence-corrected chi connectivity index (χ3v) is 6.36. The summed E-state index contributed by atoms with van der Waals surface area (Å²) in [6.07, 6.45) is 3.62. The third kappa shape index (κ3) is 3.41. The quantitative estimate of drug-likeness (QED) is 0.282. The molecule has 4 heteroatoms. The van der Waals surface area contributed by atoms with E-state index in [-0.39, 0.29) is 0 Å². The summed E-state index contributed by atoms with van der Waals surface area (Å²) in [4.78, 5) is 9.05. The molecule has 0 N–H and O–H groups in total. The molecule has 3 heterocycles. The summed E-state index contributed by atoms with van der Waals surface area (Å²) in [5.41, 5.74) is 6.68. The summed E-state index contributed by atoms with van der Waals surface area (Å²) in [7, 11) is 0. The van der Waals surface area contributed by atoms with Gasteiger partial charge < -0.3 is 4.74 Å². The Balaban J connectivity index is 1.48. The first-order valence-electron chi connectivity index (χ1n) is 11.3. The summed E-state index contributed by atoms with van der Waals surface area (Å²) in [5, 5.41) is 2.42. The molecule has 0 bridgehead atoms. The van der Waals surface area contributed by atoms with Crippen LogP contribution >= 0.6 is 0 Å². The van der Waals surface area contributed by atoms with Crippen molar-refractivity contribution in [1.29, 1.82) is 0 Å². The topological polar surface area (TPSA) is 39.9 Å². The highest BCUT2D eigenvalue weighted by molar-refractivity contribution is 6.10. The molecule has 0 aliphatic heterocycles. The van der Waals surface area contributed by atoms with Gasteiger partial charge in [-0.1, -0.05) is 48.5 Å². The van der Waals surface area contributed by atoms with E-state index in [0.29, 0.717) is 5.88 Å². The van der Waals surface area contributed by atoms with Gasteiger partial charge in [-0.15, -0.1) is 0 Å². The Bertz CT molecular complexity index is 1650. The molecular weight excluding hydrogens is 418 g/mol. The van der Waals surface area contributed by atoms with Gasteiger partial charge in [0.2, 0.25) is 5.88 Å². The molecule has 0 atom stereocenters. The van der Waals surface area contributed by atoms with Crippen LogP contribution in [-0.4, -0.2) is 14.5 Å². The second kappa shape index (κ2) is 8.16. The van der Waals surface area contributed by atoms with Crippen LogP contribution in [0.25, 0.3) is 38.8 Å². The lowest BCUT2D eigenvalue weighted by atomic mass is 10.0. The molecule has 6 aromatic rings. The van der Waals surface area contributed by atoms with Gasteiger partial charge in [0, 0.05) is 28.7 Å². The fourth-order valence-electron chi connectivity index (χ4n) is 4.44. The van der Waals surface area contributed by atoms with Crippen LogP contribution in [0.5, 0.6) is 11.6 Å². The zero-order valence-corrected chi connectivity index (χ0v) is 19.1. The van der Waals surface area contributed by atoms with Crippen molar-refractivity contribution in [3.63, 3.8) is 0 Å². The SMILES string of the molecule is Cc1ccnc(Oc2cccc(-c3ccc4c5ccccc5n(-c5ccccn5)c4c3)c2)c1C. The minimum atomic E-state index is 0.642. The lowest BCUT2D eigenvalue weighted by molar-refractivity contribution is 0.458. The van der Waals surface area contributed by atoms with E-state index in [1.165, 1.54) is 10.8 Å². The average molecular weight is 442 g/mol. The maximum atomic E-state index is 6.15. The number of hydrogen-bond acceptors (Lipinski definition) is 3. The number of aryl methyl sites for hydroxylation is 1. The van der Waals surface area contributed by atoms with Crippen molar-refractivity contribution in [1.82, 2.24) is 14.5 Å². The number of ether oxygens (including phenoxy) is 1. The van der Waals surface area contributed by atoms with E-state index in [2.05, 4.69) is 76.1 Å². The first-order chi connectivity index (χ1) is 16.7. The van der Waals surface area contributed by atoms with Gasteiger partial charge in [-0.05, 0) is 73.0 Å². The zero-order chi connectivity index (χ0) is 23.1. The first-order valence-corrected chi connectivity index (χ1v) is 11.3. The van der Waals surface area contributed by atoms with Gasteiger partial charge in [-0.25, -0.2) is 9.97 Å². The van der Waals surface area contributed by atoms with E-state index in [9.17, 15) is 0 Å². The average Bonchev–Trinajstić information content (AvgIpc) is 3.21. The van der Waals surface area contributed by atoms with Gasteiger partial charge in [-0.2, -0.15) is 0 Å². The molecule has 0 aliphatic carbocycles. The van der Waals surface area contributed by atoms with Crippen molar-refractivity contribution in [3.05, 3.63) is 115 Å². The molecule has 4 nitrogen and oxygen atoms in total. The molecule has 0 radical (unpaired) electrons. The second-order valence-electron chi connectivity index (χ2n) is 8.46. The summed E-state index contributed by atoms with van der Waals surface area (Å²) < 4.78 is 8.39. The predicted molar refractivity (Wildman–Crippen MR) is 138 cm³/mol. The molecule has 0 saturated heterocycles. The largest absolute Gasteiger partial charge is 0.439 e. The van der Waals surface area contributed by atoms with Gasteiger partial charge in [-0.3, -0.25) is 4.57 Å². The molecule has 6 rings (SSSR count). The lowest BCUT2D eigenvalue weighted by Gasteiger charge is -2.11. The normalized spacial score (nSPS) is 11.2. The van der Waals surface area contributed by atoms with Crippen molar-refractivity contribution < 1.29 is 4.74 Å². The Hall–Kier alpha value is -4.44. The van der Waals surface area contributed by atoms with Crippen LogP contribution in [0.4, 0.5) is 0 Å². The van der Waals surface area contributed by atoms with Crippen molar-refractivity contribution >= 4 is 21.8 Å². The van der Waals surface area contributed by atoms with Crippen molar-refractivity contribution in [2.24, 2.45) is 0 Å². The van der Waals surface area contributed by atoms with Crippen LogP contribution in [0.2, 0.25) is 0 Å². The number of pyridine rings is 2. The highest BCUT2D eigenvalue weighted by Gasteiger charge is 2.14. The van der Waals surface area contributed by atoms with Crippen LogP contribution in [-0.2, 0) is 0 Å². The van der Waals surface area contributed by atoms with Gasteiger partial charge >= 0.3 is 0 Å². The fourth-order valence-corrected chi connectivity index (χ4v) is 4.44. The summed E-state index contributed by atoms with van der Waals surface area (Å²) in [6.45, 7) is 4.10. The molecule has 34 heavy (non-hydrogen) atoms. The molecular formula is C30H23N3O. The Kier molecular flexibility index (Phi) is 4.84. The van der Waals surface area contributed by atoms with Gasteiger partial charge in [0.25, 0.3) is 0 Å². The summed E-state index contributed by atoms with van der Waals surface area (Å²) >= 11 is 0. The smallest absolute Gasteiger partial charge is 0.222 e. The minimum absolute atomic E-state index is 0.642. The van der Waals surface area contributed by atoms with Gasteiger partial charge in [0.1, 0.15) is 11.6 Å². The molecule has 0 saturated carbocycles. The van der Waals surface area contributed by atoms with E-state index in [1.54, 1.807) is 6.20 Å². The Labute approximate surface area is 198 Å². The van der Waals surface area contributed by atoms with Gasteiger partial charge in [0.05, 0.1) is 11.0 Å². The molecule has 0 fully saturated rings. The maximum Gasteiger partial charge on any atom is 0.222 e. The number of nitrogens with zero attached hydrogens (tertiary/aromatic N) is 3. The molecule has 164 valence electrons. The number of hydrogen-bond donors (Lipinski definition) is 0. The van der Waals surface area contributed by atoms with E-state index in [1.807, 2.05) is 49.5 Å². The number of benzene rings is 3.